The van der Waals surface area contributed by atoms with Crippen LogP contribution in [0.15, 0.2) is 48.8 Å². The number of nitrogens with one attached hydrogen (secondary N) is 1. The molecule has 4 fully saturated rings. The van der Waals surface area contributed by atoms with Crippen LogP contribution in [0.3, 0.4) is 0 Å². The largest absolute Gasteiger partial charge is 0.496 e. The van der Waals surface area contributed by atoms with E-state index >= 15 is 0 Å². The lowest BCUT2D eigenvalue weighted by Gasteiger charge is -2.57. The van der Waals surface area contributed by atoms with Gasteiger partial charge in [-0.2, -0.15) is 0 Å². The Bertz CT molecular complexity index is 848. The summed E-state index contributed by atoms with van der Waals surface area (Å²) < 4.78 is 5.55. The summed E-state index contributed by atoms with van der Waals surface area (Å²) in [6, 6.07) is 11.9. The second-order valence-electron chi connectivity index (χ2n) is 7.90. The number of rotatable bonds is 4. The highest BCUT2D eigenvalue weighted by atomic mass is 16.5. The molecule has 6 rings (SSSR count). The van der Waals surface area contributed by atoms with Gasteiger partial charge >= 0.3 is 0 Å². The zero-order chi connectivity index (χ0) is 18.4. The van der Waals surface area contributed by atoms with Gasteiger partial charge in [-0.25, -0.2) is 0 Å². The Kier molecular flexibility index (Phi) is 4.02. The van der Waals surface area contributed by atoms with Gasteiger partial charge in [0.15, 0.2) is 5.78 Å². The molecule has 1 aromatic heterocycles. The number of para-hydroxylation sites is 1. The van der Waals surface area contributed by atoms with Crippen LogP contribution in [-0.4, -0.2) is 54.0 Å². The first-order valence-corrected chi connectivity index (χ1v) is 9.83. The monoisotopic (exact) mass is 363 g/mol. The third kappa shape index (κ3) is 2.31. The fourth-order valence-corrected chi connectivity index (χ4v) is 5.76. The SMILES string of the molecule is COc1ccccc1C(=O)C12C(c3cccnc3)CNC1C1CCN2CC1. The molecule has 0 saturated carbocycles. The molecule has 4 saturated heterocycles. The standard InChI is InChI=1S/C22H25N3O2/c1-27-19-7-3-2-6-17(19)21(26)22-18(16-5-4-10-23-13-16)14-24-20(22)15-8-11-25(22)12-9-15/h2-7,10,13,15,18,20,24H,8-9,11-12,14H2,1H3. The van der Waals surface area contributed by atoms with E-state index in [9.17, 15) is 4.79 Å². The Morgan fingerprint density at radius 1 is 1.22 bits per heavy atom. The lowest BCUT2D eigenvalue weighted by Crippen LogP contribution is -2.72. The van der Waals surface area contributed by atoms with Gasteiger partial charge in [0.2, 0.25) is 0 Å². The van der Waals surface area contributed by atoms with E-state index in [1.807, 2.05) is 36.5 Å². The van der Waals surface area contributed by atoms with E-state index in [0.717, 1.165) is 25.2 Å². The first-order valence-electron chi connectivity index (χ1n) is 9.83. The van der Waals surface area contributed by atoms with Gasteiger partial charge < -0.3 is 10.1 Å². The Labute approximate surface area is 159 Å². The minimum atomic E-state index is -0.557. The number of piperidine rings is 3. The van der Waals surface area contributed by atoms with Gasteiger partial charge in [0, 0.05) is 30.9 Å². The number of ketones is 1. The van der Waals surface area contributed by atoms with Crippen LogP contribution in [0, 0.1) is 5.92 Å². The van der Waals surface area contributed by atoms with E-state index in [4.69, 9.17) is 4.74 Å². The van der Waals surface area contributed by atoms with Gasteiger partial charge in [0.05, 0.1) is 12.7 Å². The number of carbonyl (C=O) groups excluding carboxylic acids is 1. The third-order valence-corrected chi connectivity index (χ3v) is 6.88. The van der Waals surface area contributed by atoms with Gasteiger partial charge in [0.1, 0.15) is 11.3 Å². The summed E-state index contributed by atoms with van der Waals surface area (Å²) in [6.45, 7) is 2.78. The predicted octanol–water partition coefficient (Wildman–Crippen LogP) is 2.49. The molecule has 5 heteroatoms. The molecular weight excluding hydrogens is 338 g/mol. The number of hydrogen-bond acceptors (Lipinski definition) is 5. The number of ether oxygens (including phenoxy) is 1. The molecule has 140 valence electrons. The fraction of sp³-hybridized carbons (Fsp3) is 0.455. The summed E-state index contributed by atoms with van der Waals surface area (Å²) in [4.78, 5) is 21.0. The number of nitrogens with zero attached hydrogens (tertiary/aromatic N) is 2. The maximum atomic E-state index is 14.2. The minimum Gasteiger partial charge on any atom is -0.496 e. The maximum Gasteiger partial charge on any atom is 0.189 e. The van der Waals surface area contributed by atoms with Crippen LogP contribution in [-0.2, 0) is 0 Å². The van der Waals surface area contributed by atoms with Crippen molar-refractivity contribution in [2.45, 2.75) is 30.3 Å². The molecule has 27 heavy (non-hydrogen) atoms. The van der Waals surface area contributed by atoms with Crippen LogP contribution in [0.1, 0.15) is 34.7 Å². The van der Waals surface area contributed by atoms with Gasteiger partial charge in [-0.15, -0.1) is 0 Å². The topological polar surface area (TPSA) is 54.5 Å². The van der Waals surface area contributed by atoms with Crippen LogP contribution in [0.4, 0.5) is 0 Å². The van der Waals surface area contributed by atoms with Crippen molar-refractivity contribution in [1.82, 2.24) is 15.2 Å². The molecule has 4 aliphatic heterocycles. The predicted molar refractivity (Wildman–Crippen MR) is 103 cm³/mol. The molecule has 2 bridgehead atoms. The van der Waals surface area contributed by atoms with Crippen molar-refractivity contribution in [2.24, 2.45) is 5.92 Å². The summed E-state index contributed by atoms with van der Waals surface area (Å²) in [5.74, 6) is 1.50. The maximum absolute atomic E-state index is 14.2. The molecule has 5 heterocycles. The van der Waals surface area contributed by atoms with Crippen molar-refractivity contribution >= 4 is 5.78 Å². The zero-order valence-electron chi connectivity index (χ0n) is 15.6. The van der Waals surface area contributed by atoms with Crippen LogP contribution >= 0.6 is 0 Å². The highest BCUT2D eigenvalue weighted by Crippen LogP contribution is 2.52. The summed E-state index contributed by atoms with van der Waals surface area (Å²) in [5, 5.41) is 3.74. The number of benzene rings is 1. The van der Waals surface area contributed by atoms with Gasteiger partial charge in [-0.05, 0) is 55.6 Å². The van der Waals surface area contributed by atoms with Crippen molar-refractivity contribution < 1.29 is 9.53 Å². The van der Waals surface area contributed by atoms with E-state index in [0.29, 0.717) is 17.2 Å². The Balaban J connectivity index is 1.68. The molecule has 0 spiro atoms. The summed E-state index contributed by atoms with van der Waals surface area (Å²) in [6.07, 6.45) is 6.05. The molecule has 1 N–H and O–H groups in total. The quantitative estimate of drug-likeness (QED) is 0.846. The zero-order valence-corrected chi connectivity index (χ0v) is 15.6. The lowest BCUT2D eigenvalue weighted by molar-refractivity contribution is -0.0314. The Morgan fingerprint density at radius 3 is 2.78 bits per heavy atom. The third-order valence-electron chi connectivity index (χ3n) is 6.88. The Morgan fingerprint density at radius 2 is 2.04 bits per heavy atom. The van der Waals surface area contributed by atoms with Crippen molar-refractivity contribution in [3.8, 4) is 5.75 Å². The molecule has 1 aromatic carbocycles. The van der Waals surface area contributed by atoms with Gasteiger partial charge in [0.25, 0.3) is 0 Å². The molecule has 5 nitrogen and oxygen atoms in total. The normalized spacial score (nSPS) is 34.3. The van der Waals surface area contributed by atoms with Crippen molar-refractivity contribution in [2.75, 3.05) is 26.7 Å². The molecule has 3 unspecified atom stereocenters. The lowest BCUT2D eigenvalue weighted by atomic mass is 9.63. The van der Waals surface area contributed by atoms with Crippen molar-refractivity contribution in [3.05, 3.63) is 59.9 Å². The highest BCUT2D eigenvalue weighted by Gasteiger charge is 2.65. The average molecular weight is 363 g/mol. The van der Waals surface area contributed by atoms with E-state index in [2.05, 4.69) is 21.3 Å². The molecule has 4 aliphatic rings. The van der Waals surface area contributed by atoms with E-state index in [1.165, 1.54) is 12.8 Å². The van der Waals surface area contributed by atoms with Crippen LogP contribution in [0.25, 0.3) is 0 Å². The molecule has 0 radical (unpaired) electrons. The van der Waals surface area contributed by atoms with Gasteiger partial charge in [-0.3, -0.25) is 14.7 Å². The molecule has 0 aliphatic carbocycles. The highest BCUT2D eigenvalue weighted by molar-refractivity contribution is 6.07. The first kappa shape index (κ1) is 16.9. The van der Waals surface area contributed by atoms with E-state index < -0.39 is 5.54 Å². The number of hydrogen-bond donors (Lipinski definition) is 1. The summed E-state index contributed by atoms with van der Waals surface area (Å²) in [5.41, 5.74) is 1.28. The molecule has 2 aromatic rings. The minimum absolute atomic E-state index is 0.0942. The molecular formula is C22H25N3O2. The van der Waals surface area contributed by atoms with Crippen LogP contribution in [0.5, 0.6) is 5.75 Å². The Hall–Kier alpha value is -2.24. The number of methoxy groups -OCH3 is 1. The van der Waals surface area contributed by atoms with E-state index in [-0.39, 0.29) is 17.7 Å². The average Bonchev–Trinajstić information content (AvgIpc) is 3.18. The van der Waals surface area contributed by atoms with Crippen molar-refractivity contribution in [1.29, 1.82) is 0 Å². The molecule has 0 amide bonds. The number of fused-ring (bicyclic) bond motifs is 2. The summed E-state index contributed by atoms with van der Waals surface area (Å²) in [7, 11) is 1.64. The number of carbonyl (C=O) groups is 1. The van der Waals surface area contributed by atoms with Crippen LogP contribution in [0.2, 0.25) is 0 Å². The van der Waals surface area contributed by atoms with Crippen molar-refractivity contribution in [3.63, 3.8) is 0 Å². The second kappa shape index (κ2) is 6.43. The fourth-order valence-electron chi connectivity index (χ4n) is 5.76. The molecule has 3 atom stereocenters. The smallest absolute Gasteiger partial charge is 0.189 e. The van der Waals surface area contributed by atoms with Gasteiger partial charge in [-0.1, -0.05) is 18.2 Å². The van der Waals surface area contributed by atoms with E-state index in [1.54, 1.807) is 13.3 Å². The number of pyridine rings is 1. The number of Topliss-reactive ketones (excluding diaryl/α,β-unsaturated/α-hetero) is 1. The summed E-state index contributed by atoms with van der Waals surface area (Å²) >= 11 is 0. The second-order valence-corrected chi connectivity index (χ2v) is 7.90. The first-order chi connectivity index (χ1) is 13.3. The number of aromatic nitrogens is 1. The van der Waals surface area contributed by atoms with Crippen LogP contribution < -0.4 is 10.1 Å².